The predicted molar refractivity (Wildman–Crippen MR) is 97.6 cm³/mol. The molecule has 26 heavy (non-hydrogen) atoms. The van der Waals surface area contributed by atoms with Crippen LogP contribution in [0.4, 0.5) is 0 Å². The van der Waals surface area contributed by atoms with Gasteiger partial charge < -0.3 is 20.1 Å². The smallest absolute Gasteiger partial charge is 0.251 e. The third kappa shape index (κ3) is 2.82. The lowest BCUT2D eigenvalue weighted by molar-refractivity contribution is 0.0889. The molecule has 2 atom stereocenters. The van der Waals surface area contributed by atoms with Gasteiger partial charge in [-0.15, -0.1) is 0 Å². The van der Waals surface area contributed by atoms with Crippen LogP contribution in [-0.2, 0) is 12.8 Å². The fourth-order valence-corrected chi connectivity index (χ4v) is 4.14. The van der Waals surface area contributed by atoms with Crippen LogP contribution in [0.25, 0.3) is 0 Å². The van der Waals surface area contributed by atoms with Crippen molar-refractivity contribution >= 4 is 5.91 Å². The van der Waals surface area contributed by atoms with Crippen LogP contribution in [0.15, 0.2) is 42.5 Å². The number of carbonyl (C=O) groups is 1. The molecular formula is C21H22N2O3. The number of fused-ring (bicyclic) bond motifs is 2. The van der Waals surface area contributed by atoms with E-state index in [1.54, 1.807) is 18.2 Å². The summed E-state index contributed by atoms with van der Waals surface area (Å²) in [5.41, 5.74) is 3.52. The van der Waals surface area contributed by atoms with Crippen molar-refractivity contribution in [3.05, 3.63) is 59.2 Å². The van der Waals surface area contributed by atoms with Gasteiger partial charge in [0, 0.05) is 23.7 Å². The Kier molecular flexibility index (Phi) is 3.82. The molecule has 5 rings (SSSR count). The number of nitrogens with one attached hydrogen (secondary N) is 2. The van der Waals surface area contributed by atoms with Crippen LogP contribution in [0.2, 0.25) is 0 Å². The van der Waals surface area contributed by atoms with E-state index in [4.69, 9.17) is 9.47 Å². The molecule has 3 aliphatic rings. The molecule has 0 spiro atoms. The second-order valence-corrected chi connectivity index (χ2v) is 7.37. The number of amides is 1. The van der Waals surface area contributed by atoms with Gasteiger partial charge in [-0.25, -0.2) is 0 Å². The van der Waals surface area contributed by atoms with E-state index in [-0.39, 0.29) is 18.7 Å². The zero-order valence-electron chi connectivity index (χ0n) is 14.5. The van der Waals surface area contributed by atoms with Crippen LogP contribution in [0.1, 0.15) is 34.3 Å². The number of benzene rings is 2. The highest BCUT2D eigenvalue weighted by Crippen LogP contribution is 2.33. The summed E-state index contributed by atoms with van der Waals surface area (Å²) in [4.78, 5) is 12.6. The van der Waals surface area contributed by atoms with Gasteiger partial charge in [-0.2, -0.15) is 0 Å². The second kappa shape index (κ2) is 6.32. The lowest BCUT2D eigenvalue weighted by Gasteiger charge is -2.39. The Morgan fingerprint density at radius 1 is 0.923 bits per heavy atom. The fourth-order valence-electron chi connectivity index (χ4n) is 4.14. The summed E-state index contributed by atoms with van der Waals surface area (Å²) in [6, 6.07) is 15.0. The van der Waals surface area contributed by atoms with Gasteiger partial charge in [-0.1, -0.05) is 24.3 Å². The lowest BCUT2D eigenvalue weighted by atomic mass is 9.85. The zero-order chi connectivity index (χ0) is 17.5. The van der Waals surface area contributed by atoms with E-state index in [9.17, 15) is 4.79 Å². The normalized spacial score (nSPS) is 23.4. The van der Waals surface area contributed by atoms with Crippen molar-refractivity contribution < 1.29 is 14.3 Å². The number of hydrogen-bond acceptors (Lipinski definition) is 4. The first-order valence-corrected chi connectivity index (χ1v) is 9.29. The molecule has 1 amide bonds. The minimum absolute atomic E-state index is 0.0468. The van der Waals surface area contributed by atoms with Crippen molar-refractivity contribution in [1.29, 1.82) is 0 Å². The molecule has 1 aliphatic heterocycles. The van der Waals surface area contributed by atoms with Gasteiger partial charge in [0.1, 0.15) is 0 Å². The Morgan fingerprint density at radius 2 is 1.65 bits per heavy atom. The molecule has 1 fully saturated rings. The number of ether oxygens (including phenoxy) is 2. The molecule has 0 saturated heterocycles. The molecule has 1 heterocycles. The van der Waals surface area contributed by atoms with Crippen LogP contribution < -0.4 is 20.1 Å². The highest BCUT2D eigenvalue weighted by molar-refractivity contribution is 5.95. The molecule has 1 saturated carbocycles. The predicted octanol–water partition coefficient (Wildman–Crippen LogP) is 2.43. The summed E-state index contributed by atoms with van der Waals surface area (Å²) < 4.78 is 10.7. The van der Waals surface area contributed by atoms with Gasteiger partial charge in [-0.05, 0) is 55.0 Å². The van der Waals surface area contributed by atoms with E-state index in [0.29, 0.717) is 29.1 Å². The van der Waals surface area contributed by atoms with Crippen LogP contribution in [0, 0.1) is 0 Å². The van der Waals surface area contributed by atoms with Crippen LogP contribution in [-0.4, -0.2) is 30.8 Å². The summed E-state index contributed by atoms with van der Waals surface area (Å²) in [7, 11) is 0. The highest BCUT2D eigenvalue weighted by Gasteiger charge is 2.35. The maximum Gasteiger partial charge on any atom is 0.251 e. The lowest BCUT2D eigenvalue weighted by Crippen LogP contribution is -2.59. The SMILES string of the molecule is O=C(N[C@H]1CC[C@H]1NC1Cc2ccccc2C1)c1ccc2c(c1)OCO2. The van der Waals surface area contributed by atoms with Gasteiger partial charge in [0.2, 0.25) is 6.79 Å². The molecule has 5 heteroatoms. The molecule has 0 aromatic heterocycles. The topological polar surface area (TPSA) is 59.6 Å². The van der Waals surface area contributed by atoms with Crippen molar-refractivity contribution in [1.82, 2.24) is 10.6 Å². The van der Waals surface area contributed by atoms with Crippen LogP contribution >= 0.6 is 0 Å². The molecule has 0 bridgehead atoms. The number of carbonyl (C=O) groups excluding carboxylic acids is 1. The van der Waals surface area contributed by atoms with E-state index in [0.717, 1.165) is 25.7 Å². The molecule has 134 valence electrons. The minimum atomic E-state index is -0.0468. The Morgan fingerprint density at radius 3 is 2.38 bits per heavy atom. The molecule has 2 aromatic carbocycles. The molecule has 0 radical (unpaired) electrons. The second-order valence-electron chi connectivity index (χ2n) is 7.37. The standard InChI is InChI=1S/C21H22N2O3/c24-21(15-5-8-19-20(11-15)26-12-25-19)23-18-7-6-17(18)22-16-9-13-3-1-2-4-14(13)10-16/h1-5,8,11,16-18,22H,6-7,9-10,12H2,(H,23,24)/t17-,18+/m1/s1. The molecular weight excluding hydrogens is 328 g/mol. The van der Waals surface area contributed by atoms with Crippen LogP contribution in [0.5, 0.6) is 11.5 Å². The van der Waals surface area contributed by atoms with Gasteiger partial charge in [0.15, 0.2) is 11.5 Å². The molecule has 0 unspecified atom stereocenters. The van der Waals surface area contributed by atoms with Gasteiger partial charge in [-0.3, -0.25) is 4.79 Å². The summed E-state index contributed by atoms with van der Waals surface area (Å²) in [6.07, 6.45) is 4.29. The zero-order valence-corrected chi connectivity index (χ0v) is 14.5. The molecule has 2 N–H and O–H groups in total. The molecule has 2 aliphatic carbocycles. The Hall–Kier alpha value is -2.53. The Labute approximate surface area is 152 Å². The van der Waals surface area contributed by atoms with Crippen molar-refractivity contribution in [2.75, 3.05) is 6.79 Å². The van der Waals surface area contributed by atoms with E-state index < -0.39 is 0 Å². The quantitative estimate of drug-likeness (QED) is 0.889. The van der Waals surface area contributed by atoms with Gasteiger partial charge in [0.25, 0.3) is 5.91 Å². The van der Waals surface area contributed by atoms with Gasteiger partial charge >= 0.3 is 0 Å². The first kappa shape index (κ1) is 15.7. The van der Waals surface area contributed by atoms with Gasteiger partial charge in [0.05, 0.1) is 0 Å². The van der Waals surface area contributed by atoms with Crippen molar-refractivity contribution in [3.8, 4) is 11.5 Å². The maximum atomic E-state index is 12.6. The first-order valence-electron chi connectivity index (χ1n) is 9.29. The maximum absolute atomic E-state index is 12.6. The van der Waals surface area contributed by atoms with Crippen molar-refractivity contribution in [2.45, 2.75) is 43.8 Å². The van der Waals surface area contributed by atoms with E-state index in [1.807, 2.05) is 0 Å². The van der Waals surface area contributed by atoms with E-state index in [2.05, 4.69) is 34.9 Å². The Balaban J connectivity index is 1.19. The third-order valence-corrected chi connectivity index (χ3v) is 5.73. The van der Waals surface area contributed by atoms with E-state index in [1.165, 1.54) is 11.1 Å². The number of rotatable bonds is 4. The fraction of sp³-hybridized carbons (Fsp3) is 0.381. The largest absolute Gasteiger partial charge is 0.454 e. The summed E-state index contributed by atoms with van der Waals surface area (Å²) >= 11 is 0. The summed E-state index contributed by atoms with van der Waals surface area (Å²) in [6.45, 7) is 0.221. The van der Waals surface area contributed by atoms with Crippen molar-refractivity contribution in [2.24, 2.45) is 0 Å². The monoisotopic (exact) mass is 350 g/mol. The molecule has 5 nitrogen and oxygen atoms in total. The average Bonchev–Trinajstić information content (AvgIpc) is 3.28. The average molecular weight is 350 g/mol. The number of hydrogen-bond donors (Lipinski definition) is 2. The Bertz CT molecular complexity index is 826. The third-order valence-electron chi connectivity index (χ3n) is 5.73. The summed E-state index contributed by atoms with van der Waals surface area (Å²) in [5.74, 6) is 1.30. The summed E-state index contributed by atoms with van der Waals surface area (Å²) in [5, 5.41) is 6.92. The molecule has 2 aromatic rings. The van der Waals surface area contributed by atoms with Crippen molar-refractivity contribution in [3.63, 3.8) is 0 Å². The first-order chi connectivity index (χ1) is 12.8. The minimum Gasteiger partial charge on any atom is -0.454 e. The highest BCUT2D eigenvalue weighted by atomic mass is 16.7. The van der Waals surface area contributed by atoms with Crippen LogP contribution in [0.3, 0.4) is 0 Å². The van der Waals surface area contributed by atoms with E-state index >= 15 is 0 Å².